The second-order valence-corrected chi connectivity index (χ2v) is 19.2. The minimum Gasteiger partial charge on any atom is -0.355 e. The summed E-state index contributed by atoms with van der Waals surface area (Å²) in [6, 6.07) is 65.2. The molecule has 8 bridgehead atoms. The van der Waals surface area contributed by atoms with Crippen LogP contribution in [-0.2, 0) is 0 Å². The van der Waals surface area contributed by atoms with E-state index in [0.717, 1.165) is 129 Å². The summed E-state index contributed by atoms with van der Waals surface area (Å²) in [4.78, 5) is 39.4. The first-order chi connectivity index (χ1) is 37.9. The molecule has 0 atom stereocenters. The van der Waals surface area contributed by atoms with Crippen LogP contribution >= 0.6 is 0 Å². The van der Waals surface area contributed by atoms with E-state index in [4.69, 9.17) is 19.9 Å². The number of rotatable bonds is 10. The van der Waals surface area contributed by atoms with E-state index >= 15 is 0 Å². The zero-order valence-electron chi connectivity index (χ0n) is 42.3. The molecule has 2 aliphatic rings. The van der Waals surface area contributed by atoms with Crippen LogP contribution in [0, 0.1) is 13.8 Å². The van der Waals surface area contributed by atoms with E-state index in [-0.39, 0.29) is 0 Å². The monoisotopic (exact) mass is 991 g/mol. The van der Waals surface area contributed by atoms with E-state index in [1.165, 1.54) is 11.1 Å². The van der Waals surface area contributed by atoms with Crippen molar-refractivity contribution in [3.8, 4) is 56.2 Å². The van der Waals surface area contributed by atoms with Gasteiger partial charge in [-0.2, -0.15) is 0 Å². The van der Waals surface area contributed by atoms with Crippen molar-refractivity contribution in [3.05, 3.63) is 258 Å². The van der Waals surface area contributed by atoms with Crippen LogP contribution in [0.1, 0.15) is 45.0 Å². The van der Waals surface area contributed by atoms with Gasteiger partial charge in [0.05, 0.1) is 45.6 Å². The van der Waals surface area contributed by atoms with E-state index in [1.807, 2.05) is 60.9 Å². The molecule has 13 rings (SSSR count). The number of aryl methyl sites for hydroxylation is 2. The van der Waals surface area contributed by atoms with Crippen molar-refractivity contribution in [2.24, 2.45) is 0 Å². The summed E-state index contributed by atoms with van der Waals surface area (Å²) in [5.41, 5.74) is 23.7. The fourth-order valence-electron chi connectivity index (χ4n) is 9.99. The normalized spacial score (nSPS) is 11.9. The summed E-state index contributed by atoms with van der Waals surface area (Å²) in [6.45, 7) is 4.24. The number of hydrogen-bond donors (Lipinski definition) is 2. The molecule has 0 aliphatic carbocycles. The number of H-pyrrole nitrogens is 2. The summed E-state index contributed by atoms with van der Waals surface area (Å²) in [6.07, 6.45) is 20.1. The molecule has 9 heterocycles. The van der Waals surface area contributed by atoms with Gasteiger partial charge in [0.25, 0.3) is 0 Å². The Kier molecular flexibility index (Phi) is 12.1. The molecule has 11 aromatic rings. The van der Waals surface area contributed by atoms with Gasteiger partial charge in [0.1, 0.15) is 0 Å². The number of nitrogens with one attached hydrogen (secondary N) is 2. The molecule has 0 spiro atoms. The van der Waals surface area contributed by atoms with E-state index in [0.29, 0.717) is 0 Å². The molecule has 9 heteroatoms. The fourth-order valence-corrected chi connectivity index (χ4v) is 9.99. The van der Waals surface area contributed by atoms with Crippen molar-refractivity contribution in [2.45, 2.75) is 13.8 Å². The Morgan fingerprint density at radius 3 is 1.32 bits per heavy atom. The zero-order valence-corrected chi connectivity index (χ0v) is 42.3. The second-order valence-electron chi connectivity index (χ2n) is 19.2. The van der Waals surface area contributed by atoms with E-state index in [9.17, 15) is 0 Å². The maximum atomic E-state index is 5.48. The summed E-state index contributed by atoms with van der Waals surface area (Å²) in [5.74, 6) is 0. The number of anilines is 3. The van der Waals surface area contributed by atoms with Crippen molar-refractivity contribution in [2.75, 3.05) is 4.90 Å². The van der Waals surface area contributed by atoms with Gasteiger partial charge in [-0.15, -0.1) is 0 Å². The smallest absolute Gasteiger partial charge is 0.0886 e. The SMILES string of the molecule is Cc1ccc(N(c2ccc(C)cc2)c2ccc(/C=C/c3ccc(-c4c5nc(c(-c6ccc(-c7ccccn7)nc6)c6ccc(cc7nc(c(-c8ccc(-c9ccccn9)nc8)c8ccc4[nH]8)C=C7)[nH]6)C=C5)cc3)cc2)cc1. The predicted molar refractivity (Wildman–Crippen MR) is 317 cm³/mol. The quantitative estimate of drug-likeness (QED) is 0.131. The van der Waals surface area contributed by atoms with Crippen LogP contribution in [0.15, 0.2) is 213 Å². The molecule has 0 saturated heterocycles. The molecular formula is C68H49N9. The molecular weight excluding hydrogens is 943 g/mol. The Morgan fingerprint density at radius 2 is 0.818 bits per heavy atom. The van der Waals surface area contributed by atoms with E-state index < -0.39 is 0 Å². The van der Waals surface area contributed by atoms with Gasteiger partial charge in [0.15, 0.2) is 0 Å². The third-order valence-electron chi connectivity index (χ3n) is 13.9. The van der Waals surface area contributed by atoms with Crippen molar-refractivity contribution in [1.29, 1.82) is 0 Å². The number of nitrogens with zero attached hydrogens (tertiary/aromatic N) is 7. The van der Waals surface area contributed by atoms with Gasteiger partial charge in [0, 0.05) is 91.7 Å². The van der Waals surface area contributed by atoms with Crippen LogP contribution < -0.4 is 4.90 Å². The molecule has 0 radical (unpaired) electrons. The fraction of sp³-hybridized carbons (Fsp3) is 0.0294. The van der Waals surface area contributed by atoms with E-state index in [2.05, 4.69) is 215 Å². The first kappa shape index (κ1) is 46.4. The lowest BCUT2D eigenvalue weighted by Gasteiger charge is -2.25. The average Bonchev–Trinajstić information content (AvgIpc) is 4.38. The van der Waals surface area contributed by atoms with E-state index in [1.54, 1.807) is 12.4 Å². The van der Waals surface area contributed by atoms with Gasteiger partial charge in [-0.25, -0.2) is 9.97 Å². The highest BCUT2D eigenvalue weighted by atomic mass is 15.1. The minimum atomic E-state index is 0.794. The number of pyridine rings is 4. The average molecular weight is 992 g/mol. The van der Waals surface area contributed by atoms with Crippen LogP contribution in [0.4, 0.5) is 17.1 Å². The van der Waals surface area contributed by atoms with Gasteiger partial charge in [-0.05, 0) is 158 Å². The Labute approximate surface area is 446 Å². The number of benzene rings is 4. The van der Waals surface area contributed by atoms with Gasteiger partial charge < -0.3 is 14.9 Å². The number of aromatic nitrogens is 8. The van der Waals surface area contributed by atoms with Crippen LogP contribution in [0.3, 0.4) is 0 Å². The third-order valence-corrected chi connectivity index (χ3v) is 13.9. The molecule has 0 fully saturated rings. The lowest BCUT2D eigenvalue weighted by molar-refractivity contribution is 1.24. The Balaban J connectivity index is 0.921. The second kappa shape index (κ2) is 20.1. The zero-order chi connectivity index (χ0) is 51.7. The van der Waals surface area contributed by atoms with Crippen LogP contribution in [0.5, 0.6) is 0 Å². The highest BCUT2D eigenvalue weighted by Crippen LogP contribution is 2.38. The molecule has 2 N–H and O–H groups in total. The molecule has 4 aromatic carbocycles. The summed E-state index contributed by atoms with van der Waals surface area (Å²) < 4.78 is 0. The van der Waals surface area contributed by atoms with Gasteiger partial charge in [-0.3, -0.25) is 19.9 Å². The van der Waals surface area contributed by atoms with Crippen molar-refractivity contribution < 1.29 is 0 Å². The molecule has 0 saturated carbocycles. The first-order valence-corrected chi connectivity index (χ1v) is 25.6. The number of fused-ring (bicyclic) bond motifs is 8. The molecule has 7 aromatic heterocycles. The molecule has 0 amide bonds. The Morgan fingerprint density at radius 1 is 0.377 bits per heavy atom. The minimum absolute atomic E-state index is 0.794. The predicted octanol–water partition coefficient (Wildman–Crippen LogP) is 16.8. The first-order valence-electron chi connectivity index (χ1n) is 25.6. The Bertz CT molecular complexity index is 4090. The van der Waals surface area contributed by atoms with Crippen molar-refractivity contribution in [1.82, 2.24) is 39.9 Å². The largest absolute Gasteiger partial charge is 0.355 e. The molecule has 0 unspecified atom stereocenters. The molecule has 77 heavy (non-hydrogen) atoms. The topological polar surface area (TPSA) is 112 Å². The highest BCUT2D eigenvalue weighted by molar-refractivity contribution is 5.98. The summed E-state index contributed by atoms with van der Waals surface area (Å²) >= 11 is 0. The Hall–Kier alpha value is -10.4. The maximum Gasteiger partial charge on any atom is 0.0886 e. The number of hydrogen-bond acceptors (Lipinski definition) is 7. The summed E-state index contributed by atoms with van der Waals surface area (Å²) in [7, 11) is 0. The summed E-state index contributed by atoms with van der Waals surface area (Å²) in [5, 5.41) is 0. The van der Waals surface area contributed by atoms with Crippen LogP contribution in [-0.4, -0.2) is 39.9 Å². The van der Waals surface area contributed by atoms with Gasteiger partial charge in [-0.1, -0.05) is 108 Å². The molecule has 366 valence electrons. The van der Waals surface area contributed by atoms with Gasteiger partial charge in [0.2, 0.25) is 0 Å². The van der Waals surface area contributed by atoms with Crippen molar-refractivity contribution >= 4 is 75.6 Å². The third kappa shape index (κ3) is 9.57. The van der Waals surface area contributed by atoms with Crippen LogP contribution in [0.2, 0.25) is 0 Å². The lowest BCUT2D eigenvalue weighted by atomic mass is 10.0. The maximum absolute atomic E-state index is 5.48. The number of aromatic amines is 2. The molecule has 9 nitrogen and oxygen atoms in total. The van der Waals surface area contributed by atoms with Crippen molar-refractivity contribution in [3.63, 3.8) is 0 Å². The van der Waals surface area contributed by atoms with Gasteiger partial charge >= 0.3 is 0 Å². The lowest BCUT2D eigenvalue weighted by Crippen LogP contribution is -2.09. The standard InChI is InChI=1S/C68H49N9/c1-44-9-25-53(26-10-44)77(54-27-11-45(2)12-28-54)55-29-17-47(18-30-55)14-13-46-15-19-48(20-16-46)66-62-35-37-64(75-62)67(49-21-31-58(71-42-49)56-7-3-5-39-69-56)60-33-23-51(73-60)41-52-24-34-61(74-52)68(65-38-36-63(66)76-65)50-22-32-59(72-43-50)57-8-4-6-40-70-57/h3-43,73,76H,1-2H3/b14-13+,51-41?,52-41?,66-62?,66-63?,67-60?,67-64?,68-61?,68-65?. The highest BCUT2D eigenvalue weighted by Gasteiger charge is 2.19. The van der Waals surface area contributed by atoms with Crippen LogP contribution in [0.25, 0.3) is 115 Å². The molecule has 2 aliphatic heterocycles.